The van der Waals surface area contributed by atoms with Crippen LogP contribution in [0.5, 0.6) is 0 Å². The van der Waals surface area contributed by atoms with E-state index in [-0.39, 0.29) is 6.10 Å². The van der Waals surface area contributed by atoms with Crippen molar-refractivity contribution in [2.45, 2.75) is 52.1 Å². The molecule has 0 heterocycles. The fourth-order valence-electron chi connectivity index (χ4n) is 3.29. The molecule has 3 heteroatoms. The first-order chi connectivity index (χ1) is 9.47. The molecule has 0 aliphatic heterocycles. The van der Waals surface area contributed by atoms with E-state index >= 15 is 0 Å². The summed E-state index contributed by atoms with van der Waals surface area (Å²) in [4.78, 5) is 0. The minimum atomic E-state index is -0.306. The van der Waals surface area contributed by atoms with Gasteiger partial charge in [0.05, 0.1) is 6.10 Å². The Hall–Kier alpha value is -0.240. The second-order valence-electron chi connectivity index (χ2n) is 6.43. The summed E-state index contributed by atoms with van der Waals surface area (Å²) in [7, 11) is 0. The van der Waals surface area contributed by atoms with Crippen molar-refractivity contribution >= 4 is 23.2 Å². The summed E-state index contributed by atoms with van der Waals surface area (Å²) >= 11 is 12.2. The largest absolute Gasteiger partial charge is 0.392 e. The summed E-state index contributed by atoms with van der Waals surface area (Å²) in [5.74, 6) is 1.99. The standard InChI is InChI=1S/C17H24Cl2O/c1-11(2)12-3-5-13(6-4-12)17(20)10-14-9-15(18)7-8-16(14)19/h7-9,11-13,17,20H,3-6,10H2,1-2H3. The lowest BCUT2D eigenvalue weighted by Gasteiger charge is -2.33. The number of aliphatic hydroxyl groups excluding tert-OH is 1. The fourth-order valence-corrected chi connectivity index (χ4v) is 3.68. The quantitative estimate of drug-likeness (QED) is 0.793. The third-order valence-corrected chi connectivity index (χ3v) is 5.34. The molecule has 0 radical (unpaired) electrons. The molecule has 0 aromatic heterocycles. The topological polar surface area (TPSA) is 20.2 Å². The van der Waals surface area contributed by atoms with Gasteiger partial charge in [0, 0.05) is 16.5 Å². The van der Waals surface area contributed by atoms with E-state index in [0.29, 0.717) is 22.4 Å². The Labute approximate surface area is 132 Å². The lowest BCUT2D eigenvalue weighted by Crippen LogP contribution is -2.28. The van der Waals surface area contributed by atoms with Crippen LogP contribution in [-0.2, 0) is 6.42 Å². The normalized spacial score (nSPS) is 24.9. The van der Waals surface area contributed by atoms with Crippen LogP contribution in [0.15, 0.2) is 18.2 Å². The van der Waals surface area contributed by atoms with Crippen LogP contribution in [0, 0.1) is 17.8 Å². The van der Waals surface area contributed by atoms with Crippen LogP contribution < -0.4 is 0 Å². The van der Waals surface area contributed by atoms with Crippen molar-refractivity contribution < 1.29 is 5.11 Å². The molecule has 1 saturated carbocycles. The van der Waals surface area contributed by atoms with E-state index in [9.17, 15) is 5.11 Å². The lowest BCUT2D eigenvalue weighted by molar-refractivity contribution is 0.0675. The SMILES string of the molecule is CC(C)C1CCC(C(O)Cc2cc(Cl)ccc2Cl)CC1. The molecule has 0 amide bonds. The van der Waals surface area contributed by atoms with Gasteiger partial charge in [0.25, 0.3) is 0 Å². The second kappa shape index (κ2) is 7.15. The molecule has 1 N–H and O–H groups in total. The highest BCUT2D eigenvalue weighted by atomic mass is 35.5. The highest BCUT2D eigenvalue weighted by Crippen LogP contribution is 2.36. The van der Waals surface area contributed by atoms with Crippen LogP contribution in [0.2, 0.25) is 10.0 Å². The van der Waals surface area contributed by atoms with Crippen LogP contribution in [0.1, 0.15) is 45.1 Å². The van der Waals surface area contributed by atoms with Gasteiger partial charge in [-0.3, -0.25) is 0 Å². The predicted molar refractivity (Wildman–Crippen MR) is 86.5 cm³/mol. The zero-order valence-electron chi connectivity index (χ0n) is 12.3. The molecule has 1 nitrogen and oxygen atoms in total. The third kappa shape index (κ3) is 4.13. The Kier molecular flexibility index (Phi) is 5.77. The molecule has 1 aromatic carbocycles. The molecule has 0 bridgehead atoms. The van der Waals surface area contributed by atoms with Crippen molar-refractivity contribution in [3.63, 3.8) is 0 Å². The number of hydrogen-bond acceptors (Lipinski definition) is 1. The number of aliphatic hydroxyl groups is 1. The Balaban J connectivity index is 1.92. The van der Waals surface area contributed by atoms with E-state index in [1.807, 2.05) is 12.1 Å². The first-order valence-corrected chi connectivity index (χ1v) is 8.35. The molecule has 20 heavy (non-hydrogen) atoms. The van der Waals surface area contributed by atoms with Crippen LogP contribution in [0.3, 0.4) is 0 Å². The van der Waals surface area contributed by atoms with Crippen molar-refractivity contribution in [2.75, 3.05) is 0 Å². The summed E-state index contributed by atoms with van der Waals surface area (Å²) < 4.78 is 0. The molecule has 1 aromatic rings. The minimum absolute atomic E-state index is 0.306. The molecule has 0 saturated heterocycles. The maximum Gasteiger partial charge on any atom is 0.0609 e. The van der Waals surface area contributed by atoms with E-state index in [1.54, 1.807) is 6.07 Å². The Bertz CT molecular complexity index is 437. The predicted octanol–water partition coefficient (Wildman–Crippen LogP) is 5.36. The van der Waals surface area contributed by atoms with E-state index in [1.165, 1.54) is 12.8 Å². The Morgan fingerprint density at radius 2 is 1.70 bits per heavy atom. The van der Waals surface area contributed by atoms with Crippen molar-refractivity contribution in [3.05, 3.63) is 33.8 Å². The monoisotopic (exact) mass is 314 g/mol. The number of benzene rings is 1. The average molecular weight is 315 g/mol. The molecule has 0 spiro atoms. The number of halogens is 2. The molecule has 1 atom stereocenters. The molecule has 112 valence electrons. The molecule has 1 fully saturated rings. The van der Waals surface area contributed by atoms with Crippen LogP contribution >= 0.6 is 23.2 Å². The molecular weight excluding hydrogens is 291 g/mol. The molecular formula is C17H24Cl2O. The fraction of sp³-hybridized carbons (Fsp3) is 0.647. The smallest absolute Gasteiger partial charge is 0.0609 e. The maximum absolute atomic E-state index is 10.5. The van der Waals surface area contributed by atoms with Crippen LogP contribution in [0.25, 0.3) is 0 Å². The molecule has 1 aliphatic rings. The summed E-state index contributed by atoms with van der Waals surface area (Å²) in [6.45, 7) is 4.60. The molecule has 1 unspecified atom stereocenters. The van der Waals surface area contributed by atoms with Gasteiger partial charge < -0.3 is 5.11 Å². The van der Waals surface area contributed by atoms with Crippen molar-refractivity contribution in [1.29, 1.82) is 0 Å². The Morgan fingerprint density at radius 3 is 2.30 bits per heavy atom. The van der Waals surface area contributed by atoms with Gasteiger partial charge in [-0.25, -0.2) is 0 Å². The molecule has 1 aliphatic carbocycles. The van der Waals surface area contributed by atoms with Crippen LogP contribution in [0.4, 0.5) is 0 Å². The van der Waals surface area contributed by atoms with Crippen LogP contribution in [-0.4, -0.2) is 11.2 Å². The van der Waals surface area contributed by atoms with Gasteiger partial charge in [0.15, 0.2) is 0 Å². The summed E-state index contributed by atoms with van der Waals surface area (Å²) in [6, 6.07) is 5.46. The minimum Gasteiger partial charge on any atom is -0.392 e. The summed E-state index contributed by atoms with van der Waals surface area (Å²) in [5.41, 5.74) is 0.956. The van der Waals surface area contributed by atoms with Gasteiger partial charge in [-0.2, -0.15) is 0 Å². The van der Waals surface area contributed by atoms with Gasteiger partial charge in [-0.15, -0.1) is 0 Å². The lowest BCUT2D eigenvalue weighted by atomic mass is 9.74. The summed E-state index contributed by atoms with van der Waals surface area (Å²) in [5, 5.41) is 11.8. The Morgan fingerprint density at radius 1 is 1.10 bits per heavy atom. The third-order valence-electron chi connectivity index (χ3n) is 4.74. The van der Waals surface area contributed by atoms with Gasteiger partial charge in [-0.05, 0) is 67.2 Å². The van der Waals surface area contributed by atoms with E-state index < -0.39 is 0 Å². The van der Waals surface area contributed by atoms with E-state index in [0.717, 1.165) is 30.2 Å². The maximum atomic E-state index is 10.5. The first kappa shape index (κ1) is 16.1. The number of rotatable bonds is 4. The van der Waals surface area contributed by atoms with Gasteiger partial charge in [0.1, 0.15) is 0 Å². The van der Waals surface area contributed by atoms with E-state index in [4.69, 9.17) is 23.2 Å². The average Bonchev–Trinajstić information content (AvgIpc) is 2.43. The molecule has 2 rings (SSSR count). The van der Waals surface area contributed by atoms with Crippen molar-refractivity contribution in [3.8, 4) is 0 Å². The van der Waals surface area contributed by atoms with Crippen molar-refractivity contribution in [1.82, 2.24) is 0 Å². The van der Waals surface area contributed by atoms with Gasteiger partial charge >= 0.3 is 0 Å². The van der Waals surface area contributed by atoms with Gasteiger partial charge in [0.2, 0.25) is 0 Å². The first-order valence-electron chi connectivity index (χ1n) is 7.59. The second-order valence-corrected chi connectivity index (χ2v) is 7.27. The van der Waals surface area contributed by atoms with Crippen molar-refractivity contribution in [2.24, 2.45) is 17.8 Å². The number of hydrogen-bond donors (Lipinski definition) is 1. The van der Waals surface area contributed by atoms with Gasteiger partial charge in [-0.1, -0.05) is 37.0 Å². The highest BCUT2D eigenvalue weighted by molar-refractivity contribution is 6.33. The summed E-state index contributed by atoms with van der Waals surface area (Å²) in [6.07, 6.45) is 5.03. The zero-order valence-corrected chi connectivity index (χ0v) is 13.8. The van der Waals surface area contributed by atoms with E-state index in [2.05, 4.69) is 13.8 Å². The zero-order chi connectivity index (χ0) is 14.7. The highest BCUT2D eigenvalue weighted by Gasteiger charge is 2.28.